The van der Waals surface area contributed by atoms with Gasteiger partial charge in [-0.25, -0.2) is 4.39 Å². The third kappa shape index (κ3) is 1.06. The molecule has 2 atom stereocenters. The third-order valence-corrected chi connectivity index (χ3v) is 1.84. The van der Waals surface area contributed by atoms with E-state index >= 15 is 0 Å². The molecule has 0 unspecified atom stereocenters. The fraction of sp³-hybridized carbons (Fsp3) is 1.00. The Balaban J connectivity index is 2.33. The first-order chi connectivity index (χ1) is 3.30. The highest BCUT2D eigenvalue weighted by molar-refractivity contribution is 6.21. The van der Waals surface area contributed by atoms with E-state index in [1.807, 2.05) is 0 Å². The molecule has 1 aliphatic rings. The van der Waals surface area contributed by atoms with E-state index in [0.29, 0.717) is 6.42 Å². The van der Waals surface area contributed by atoms with Gasteiger partial charge >= 0.3 is 0 Å². The lowest BCUT2D eigenvalue weighted by atomic mass is 10.3. The van der Waals surface area contributed by atoms with Crippen molar-refractivity contribution in [2.45, 2.75) is 30.8 Å². The van der Waals surface area contributed by atoms with Gasteiger partial charge in [0.2, 0.25) is 0 Å². The Kier molecular flexibility index (Phi) is 1.53. The Morgan fingerprint density at radius 1 is 1.43 bits per heavy atom. The van der Waals surface area contributed by atoms with Crippen LogP contribution < -0.4 is 0 Å². The van der Waals surface area contributed by atoms with E-state index in [1.165, 1.54) is 0 Å². The molecular weight excluding hydrogens is 115 g/mol. The zero-order chi connectivity index (χ0) is 5.28. The summed E-state index contributed by atoms with van der Waals surface area (Å²) in [4.78, 5) is 0. The van der Waals surface area contributed by atoms with Crippen LogP contribution in [0.25, 0.3) is 0 Å². The summed E-state index contributed by atoms with van der Waals surface area (Å²) in [6.45, 7) is 0. The van der Waals surface area contributed by atoms with Gasteiger partial charge in [0.05, 0.1) is 5.38 Å². The van der Waals surface area contributed by atoms with Gasteiger partial charge in [0.25, 0.3) is 0 Å². The Morgan fingerprint density at radius 3 is 2.29 bits per heavy atom. The van der Waals surface area contributed by atoms with E-state index in [4.69, 9.17) is 11.6 Å². The second-order valence-corrected chi connectivity index (χ2v) is 2.52. The number of halogens is 2. The van der Waals surface area contributed by atoms with Crippen molar-refractivity contribution in [3.63, 3.8) is 0 Å². The molecule has 0 spiro atoms. The lowest BCUT2D eigenvalue weighted by molar-refractivity contribution is 0.347. The fourth-order valence-corrected chi connectivity index (χ4v) is 1.15. The first kappa shape index (κ1) is 5.36. The van der Waals surface area contributed by atoms with Gasteiger partial charge in [-0.05, 0) is 19.3 Å². The lowest BCUT2D eigenvalue weighted by Gasteiger charge is -1.98. The lowest BCUT2D eigenvalue weighted by Crippen LogP contribution is -2.05. The van der Waals surface area contributed by atoms with E-state index in [-0.39, 0.29) is 5.38 Å². The van der Waals surface area contributed by atoms with Crippen LogP contribution in [-0.4, -0.2) is 11.5 Å². The summed E-state index contributed by atoms with van der Waals surface area (Å²) in [6.07, 6.45) is 1.79. The molecule has 0 aromatic heterocycles. The van der Waals surface area contributed by atoms with E-state index < -0.39 is 6.17 Å². The molecule has 0 N–H and O–H groups in total. The molecule has 0 aliphatic heterocycles. The van der Waals surface area contributed by atoms with Crippen molar-refractivity contribution in [3.05, 3.63) is 0 Å². The highest BCUT2D eigenvalue weighted by Gasteiger charge is 2.23. The molecule has 0 aromatic carbocycles. The monoisotopic (exact) mass is 122 g/mol. The molecule has 2 heteroatoms. The molecule has 0 saturated heterocycles. The smallest absolute Gasteiger partial charge is 0.116 e. The minimum absolute atomic E-state index is 0.181. The second kappa shape index (κ2) is 1.99. The van der Waals surface area contributed by atoms with Gasteiger partial charge in [-0.1, -0.05) is 0 Å². The van der Waals surface area contributed by atoms with Crippen LogP contribution >= 0.6 is 11.6 Å². The van der Waals surface area contributed by atoms with E-state index in [1.54, 1.807) is 0 Å². The summed E-state index contributed by atoms with van der Waals surface area (Å²) in [7, 11) is 0. The molecule has 1 aliphatic carbocycles. The van der Waals surface area contributed by atoms with Crippen molar-refractivity contribution >= 4 is 11.6 Å². The van der Waals surface area contributed by atoms with Gasteiger partial charge in [-0.15, -0.1) is 11.6 Å². The average molecular weight is 123 g/mol. The van der Waals surface area contributed by atoms with Crippen LogP contribution in [0, 0.1) is 0 Å². The fourth-order valence-electron chi connectivity index (χ4n) is 0.870. The zero-order valence-corrected chi connectivity index (χ0v) is 4.79. The molecule has 1 saturated carbocycles. The molecule has 7 heavy (non-hydrogen) atoms. The molecule has 0 bridgehead atoms. The summed E-state index contributed by atoms with van der Waals surface area (Å²) >= 11 is 5.49. The molecule has 42 valence electrons. The number of alkyl halides is 2. The maximum atomic E-state index is 12.2. The molecule has 0 radical (unpaired) electrons. The quantitative estimate of drug-likeness (QED) is 0.432. The summed E-state index contributed by atoms with van der Waals surface area (Å²) in [5.74, 6) is 0. The zero-order valence-electron chi connectivity index (χ0n) is 4.03. The second-order valence-electron chi connectivity index (χ2n) is 1.96. The molecule has 1 rings (SSSR count). The van der Waals surface area contributed by atoms with Crippen LogP contribution in [0.1, 0.15) is 19.3 Å². The minimum atomic E-state index is -0.721. The van der Waals surface area contributed by atoms with Gasteiger partial charge < -0.3 is 0 Å². The Bertz CT molecular complexity index is 57.1. The van der Waals surface area contributed by atoms with Crippen LogP contribution in [0.5, 0.6) is 0 Å². The molecule has 0 amide bonds. The molecule has 1 fully saturated rings. The third-order valence-electron chi connectivity index (χ3n) is 1.35. The van der Waals surface area contributed by atoms with E-state index in [2.05, 4.69) is 0 Å². The van der Waals surface area contributed by atoms with Crippen molar-refractivity contribution in [1.82, 2.24) is 0 Å². The average Bonchev–Trinajstić information content (AvgIpc) is 1.91. The van der Waals surface area contributed by atoms with Crippen molar-refractivity contribution in [3.8, 4) is 0 Å². The minimum Gasteiger partial charge on any atom is -0.246 e. The van der Waals surface area contributed by atoms with Crippen molar-refractivity contribution < 1.29 is 4.39 Å². The van der Waals surface area contributed by atoms with E-state index in [0.717, 1.165) is 12.8 Å². The number of hydrogen-bond acceptors (Lipinski definition) is 0. The van der Waals surface area contributed by atoms with Crippen LogP contribution in [-0.2, 0) is 0 Å². The predicted octanol–water partition coefficient (Wildman–Crippen LogP) is 2.12. The standard InChI is InChI=1S/C5H8ClF/c6-4-2-1-3-5(4)7/h4-5H,1-3H2/t4-,5+/m1/s1. The van der Waals surface area contributed by atoms with Gasteiger partial charge in [0, 0.05) is 0 Å². The maximum Gasteiger partial charge on any atom is 0.116 e. The Morgan fingerprint density at radius 2 is 2.14 bits per heavy atom. The molecule has 0 heterocycles. The predicted molar refractivity (Wildman–Crippen MR) is 28.4 cm³/mol. The summed E-state index contributed by atoms with van der Waals surface area (Å²) in [5, 5.41) is -0.181. The normalized spacial score (nSPS) is 42.0. The van der Waals surface area contributed by atoms with E-state index in [9.17, 15) is 4.39 Å². The van der Waals surface area contributed by atoms with Crippen molar-refractivity contribution in [1.29, 1.82) is 0 Å². The van der Waals surface area contributed by atoms with Crippen LogP contribution in [0.4, 0.5) is 4.39 Å². The highest BCUT2D eigenvalue weighted by Crippen LogP contribution is 2.26. The number of hydrogen-bond donors (Lipinski definition) is 0. The SMILES string of the molecule is F[C@H]1CCC[C@H]1Cl. The first-order valence-corrected chi connectivity index (χ1v) is 3.02. The van der Waals surface area contributed by atoms with Crippen LogP contribution in [0.2, 0.25) is 0 Å². The van der Waals surface area contributed by atoms with Crippen molar-refractivity contribution in [2.75, 3.05) is 0 Å². The largest absolute Gasteiger partial charge is 0.246 e. The number of rotatable bonds is 0. The molecule has 0 aromatic rings. The van der Waals surface area contributed by atoms with Gasteiger partial charge in [-0.2, -0.15) is 0 Å². The molecular formula is C5H8ClF. The van der Waals surface area contributed by atoms with Gasteiger partial charge in [0.15, 0.2) is 0 Å². The van der Waals surface area contributed by atoms with Crippen LogP contribution in [0.15, 0.2) is 0 Å². The summed E-state index contributed by atoms with van der Waals surface area (Å²) < 4.78 is 12.2. The van der Waals surface area contributed by atoms with Crippen LogP contribution in [0.3, 0.4) is 0 Å². The van der Waals surface area contributed by atoms with Gasteiger partial charge in [0.1, 0.15) is 6.17 Å². The highest BCUT2D eigenvalue weighted by atomic mass is 35.5. The summed E-state index contributed by atoms with van der Waals surface area (Å²) in [6, 6.07) is 0. The Labute approximate surface area is 47.7 Å². The first-order valence-electron chi connectivity index (χ1n) is 2.59. The summed E-state index contributed by atoms with van der Waals surface area (Å²) in [5.41, 5.74) is 0. The van der Waals surface area contributed by atoms with Crippen molar-refractivity contribution in [2.24, 2.45) is 0 Å². The molecule has 0 nitrogen and oxygen atoms in total. The Hall–Kier alpha value is 0.220. The topological polar surface area (TPSA) is 0 Å². The van der Waals surface area contributed by atoms with Gasteiger partial charge in [-0.3, -0.25) is 0 Å². The maximum absolute atomic E-state index is 12.2.